The van der Waals surface area contributed by atoms with Crippen molar-refractivity contribution in [3.63, 3.8) is 0 Å². The van der Waals surface area contributed by atoms with Crippen molar-refractivity contribution < 1.29 is 9.53 Å². The first-order valence-corrected chi connectivity index (χ1v) is 10.4. The molecule has 10 heteroatoms. The van der Waals surface area contributed by atoms with E-state index in [1.54, 1.807) is 12.4 Å². The standard InChI is InChI=1S/C14H12N8O.C7H14O/c1-7-2-9(12-18-6-19-22-12)15-3-8(7)10-4-16-13-14(20-10)21-11(23)5-17-13;1-8-7-5-3-2-4-6-7/h2-4,6H,5H2,1H3,(H,16,17)(H,18,19,22)(H,20,21,23);7H,2-6H2,1H3. The second-order valence-electron chi connectivity index (χ2n) is 7.57. The van der Waals surface area contributed by atoms with Crippen molar-refractivity contribution in [2.45, 2.75) is 45.1 Å². The summed E-state index contributed by atoms with van der Waals surface area (Å²) in [6, 6.07) is 1.90. The minimum Gasteiger partial charge on any atom is -0.381 e. The van der Waals surface area contributed by atoms with Crippen molar-refractivity contribution in [2.75, 3.05) is 24.3 Å². The average Bonchev–Trinajstić information content (AvgIpc) is 3.34. The Morgan fingerprint density at radius 3 is 2.55 bits per heavy atom. The number of pyridine rings is 1. The Hall–Kier alpha value is -3.40. The van der Waals surface area contributed by atoms with Crippen molar-refractivity contribution in [2.24, 2.45) is 0 Å². The molecule has 0 spiro atoms. The van der Waals surface area contributed by atoms with E-state index in [2.05, 4.69) is 40.8 Å². The minimum atomic E-state index is -0.139. The summed E-state index contributed by atoms with van der Waals surface area (Å²) in [5, 5.41) is 12.2. The van der Waals surface area contributed by atoms with Crippen molar-refractivity contribution in [1.29, 1.82) is 0 Å². The summed E-state index contributed by atoms with van der Waals surface area (Å²) in [6.07, 6.45) is 12.1. The highest BCUT2D eigenvalue weighted by molar-refractivity contribution is 5.98. The van der Waals surface area contributed by atoms with Gasteiger partial charge in [-0.2, -0.15) is 5.10 Å². The van der Waals surface area contributed by atoms with Crippen molar-refractivity contribution in [3.8, 4) is 22.8 Å². The lowest BCUT2D eigenvalue weighted by atomic mass is 9.98. The van der Waals surface area contributed by atoms with Crippen LogP contribution in [0.5, 0.6) is 0 Å². The van der Waals surface area contributed by atoms with Crippen molar-refractivity contribution in [1.82, 2.24) is 30.1 Å². The number of aryl methyl sites for hydroxylation is 1. The Labute approximate surface area is 180 Å². The van der Waals surface area contributed by atoms with Crippen LogP contribution >= 0.6 is 0 Å². The van der Waals surface area contributed by atoms with Crippen LogP contribution < -0.4 is 10.6 Å². The maximum Gasteiger partial charge on any atom is 0.244 e. The fourth-order valence-corrected chi connectivity index (χ4v) is 3.66. The Balaban J connectivity index is 0.000000245. The van der Waals surface area contributed by atoms with Crippen LogP contribution in [-0.4, -0.2) is 55.8 Å². The maximum atomic E-state index is 11.4. The topological polar surface area (TPSA) is 131 Å². The summed E-state index contributed by atoms with van der Waals surface area (Å²) in [5.41, 5.74) is 3.14. The first-order chi connectivity index (χ1) is 15.1. The average molecular weight is 422 g/mol. The van der Waals surface area contributed by atoms with Gasteiger partial charge in [0.05, 0.1) is 24.5 Å². The van der Waals surface area contributed by atoms with Crippen LogP contribution in [-0.2, 0) is 9.53 Å². The van der Waals surface area contributed by atoms with Crippen LogP contribution in [0.15, 0.2) is 24.8 Å². The van der Waals surface area contributed by atoms with Gasteiger partial charge in [-0.3, -0.25) is 14.9 Å². The predicted molar refractivity (Wildman–Crippen MR) is 116 cm³/mol. The SMILES string of the molecule is COC1CCCCC1.Cc1cc(-c2ncn[nH]2)ncc1-c1cnc2c(n1)NC(=O)CN2. The van der Waals surface area contributed by atoms with E-state index < -0.39 is 0 Å². The highest BCUT2D eigenvalue weighted by Crippen LogP contribution is 2.27. The number of amides is 1. The second kappa shape index (κ2) is 9.61. The smallest absolute Gasteiger partial charge is 0.244 e. The molecule has 3 aromatic heterocycles. The van der Waals surface area contributed by atoms with Gasteiger partial charge in [0.15, 0.2) is 17.5 Å². The van der Waals surface area contributed by atoms with Crippen LogP contribution in [0.1, 0.15) is 37.7 Å². The van der Waals surface area contributed by atoms with Crippen LogP contribution in [0.3, 0.4) is 0 Å². The third-order valence-electron chi connectivity index (χ3n) is 5.38. The van der Waals surface area contributed by atoms with Gasteiger partial charge in [-0.15, -0.1) is 0 Å². The number of nitrogens with zero attached hydrogens (tertiary/aromatic N) is 5. The third-order valence-corrected chi connectivity index (χ3v) is 5.38. The van der Waals surface area contributed by atoms with Crippen LogP contribution in [0, 0.1) is 6.92 Å². The van der Waals surface area contributed by atoms with Gasteiger partial charge in [-0.05, 0) is 31.4 Å². The van der Waals surface area contributed by atoms with E-state index in [1.165, 1.54) is 38.4 Å². The highest BCUT2D eigenvalue weighted by atomic mass is 16.5. The van der Waals surface area contributed by atoms with E-state index in [1.807, 2.05) is 20.1 Å². The summed E-state index contributed by atoms with van der Waals surface area (Å²) >= 11 is 0. The largest absolute Gasteiger partial charge is 0.381 e. The summed E-state index contributed by atoms with van der Waals surface area (Å²) in [5.74, 6) is 1.46. The number of nitrogens with one attached hydrogen (secondary N) is 3. The molecule has 0 bridgehead atoms. The number of hydrogen-bond donors (Lipinski definition) is 3. The zero-order valence-electron chi connectivity index (χ0n) is 17.7. The zero-order valence-corrected chi connectivity index (χ0v) is 17.7. The van der Waals surface area contributed by atoms with Gasteiger partial charge in [0.25, 0.3) is 0 Å². The Bertz CT molecular complexity index is 1030. The molecule has 5 rings (SSSR count). The quantitative estimate of drug-likeness (QED) is 0.587. The molecule has 0 aromatic carbocycles. The third kappa shape index (κ3) is 5.02. The van der Waals surface area contributed by atoms with E-state index in [-0.39, 0.29) is 12.5 Å². The van der Waals surface area contributed by atoms with Gasteiger partial charge in [0.2, 0.25) is 5.91 Å². The van der Waals surface area contributed by atoms with Crippen LogP contribution in [0.25, 0.3) is 22.8 Å². The molecule has 1 amide bonds. The fraction of sp³-hybridized carbons (Fsp3) is 0.429. The van der Waals surface area contributed by atoms with E-state index in [0.29, 0.717) is 35.0 Å². The summed E-state index contributed by atoms with van der Waals surface area (Å²) in [7, 11) is 1.82. The summed E-state index contributed by atoms with van der Waals surface area (Å²) in [4.78, 5) is 28.7. The van der Waals surface area contributed by atoms with E-state index in [4.69, 9.17) is 4.74 Å². The number of carbonyl (C=O) groups excluding carboxylic acids is 1. The van der Waals surface area contributed by atoms with Gasteiger partial charge < -0.3 is 15.4 Å². The molecule has 0 unspecified atom stereocenters. The van der Waals surface area contributed by atoms with E-state index in [9.17, 15) is 4.79 Å². The number of aromatic amines is 1. The Kier molecular flexibility index (Phi) is 6.46. The molecule has 1 aliphatic heterocycles. The lowest BCUT2D eigenvalue weighted by molar-refractivity contribution is -0.114. The number of aromatic nitrogens is 6. The van der Waals surface area contributed by atoms with Gasteiger partial charge >= 0.3 is 0 Å². The lowest BCUT2D eigenvalue weighted by Gasteiger charge is -2.19. The number of carbonyl (C=O) groups is 1. The molecule has 1 aliphatic carbocycles. The first-order valence-electron chi connectivity index (χ1n) is 10.4. The molecule has 0 radical (unpaired) electrons. The predicted octanol–water partition coefficient (Wildman–Crippen LogP) is 2.96. The molecule has 3 N–H and O–H groups in total. The molecule has 1 fully saturated rings. The zero-order chi connectivity index (χ0) is 21.6. The molecule has 4 heterocycles. The molecule has 2 aliphatic rings. The van der Waals surface area contributed by atoms with Gasteiger partial charge in [-0.1, -0.05) is 19.3 Å². The number of fused-ring (bicyclic) bond motifs is 1. The minimum absolute atomic E-state index is 0.139. The maximum absolute atomic E-state index is 11.4. The summed E-state index contributed by atoms with van der Waals surface area (Å²) < 4.78 is 5.19. The van der Waals surface area contributed by atoms with Gasteiger partial charge in [-0.25, -0.2) is 15.0 Å². The molecule has 162 valence electrons. The van der Waals surface area contributed by atoms with Crippen LogP contribution in [0.2, 0.25) is 0 Å². The molecule has 31 heavy (non-hydrogen) atoms. The number of ether oxygens (including phenoxy) is 1. The number of hydrogen-bond acceptors (Lipinski definition) is 8. The Morgan fingerprint density at radius 1 is 1.03 bits per heavy atom. The normalized spacial score (nSPS) is 15.9. The van der Waals surface area contributed by atoms with Gasteiger partial charge in [0, 0.05) is 18.9 Å². The van der Waals surface area contributed by atoms with E-state index in [0.717, 1.165) is 11.1 Å². The molecule has 1 saturated carbocycles. The second-order valence-corrected chi connectivity index (χ2v) is 7.57. The molecule has 3 aromatic rings. The number of rotatable bonds is 3. The lowest BCUT2D eigenvalue weighted by Crippen LogP contribution is -2.28. The molecule has 10 nitrogen and oxygen atoms in total. The molecule has 0 atom stereocenters. The molecule has 0 saturated heterocycles. The molecular weight excluding hydrogens is 396 g/mol. The number of H-pyrrole nitrogens is 1. The first kappa shape index (κ1) is 20.9. The number of anilines is 2. The number of methoxy groups -OCH3 is 1. The molecular formula is C21H26N8O2. The Morgan fingerprint density at radius 2 is 1.87 bits per heavy atom. The van der Waals surface area contributed by atoms with Crippen LogP contribution in [0.4, 0.5) is 11.6 Å². The monoisotopic (exact) mass is 422 g/mol. The van der Waals surface area contributed by atoms with Crippen molar-refractivity contribution >= 4 is 17.5 Å². The fourth-order valence-electron chi connectivity index (χ4n) is 3.66. The van der Waals surface area contributed by atoms with E-state index >= 15 is 0 Å². The highest BCUT2D eigenvalue weighted by Gasteiger charge is 2.18. The summed E-state index contributed by atoms with van der Waals surface area (Å²) in [6.45, 7) is 2.16. The van der Waals surface area contributed by atoms with Crippen molar-refractivity contribution in [3.05, 3.63) is 30.4 Å². The van der Waals surface area contributed by atoms with Gasteiger partial charge in [0.1, 0.15) is 12.0 Å².